The summed E-state index contributed by atoms with van der Waals surface area (Å²) in [5.74, 6) is -0.216. The van der Waals surface area contributed by atoms with Crippen molar-refractivity contribution in [2.24, 2.45) is 5.92 Å². The molecule has 1 heterocycles. The molecule has 0 spiro atoms. The molecule has 0 unspecified atom stereocenters. The van der Waals surface area contributed by atoms with E-state index in [1.807, 2.05) is 47.4 Å². The summed E-state index contributed by atoms with van der Waals surface area (Å²) in [7, 11) is 0. The highest BCUT2D eigenvalue weighted by atomic mass is 16.2. The van der Waals surface area contributed by atoms with E-state index in [0.29, 0.717) is 50.1 Å². The number of piperidine rings is 1. The Morgan fingerprint density at radius 1 is 0.875 bits per heavy atom. The minimum absolute atomic E-state index is 0.00802. The van der Waals surface area contributed by atoms with Gasteiger partial charge >= 0.3 is 0 Å². The lowest BCUT2D eigenvalue weighted by molar-refractivity contribution is -0.126. The number of hydrogen-bond donors (Lipinski definition) is 2. The Hall–Kier alpha value is -3.15. The second-order valence-corrected chi connectivity index (χ2v) is 8.28. The maximum Gasteiger partial charge on any atom is 0.253 e. The number of nitrogens with one attached hydrogen (secondary N) is 2. The number of likely N-dealkylation sites (tertiary alicyclic amines) is 1. The number of benzene rings is 2. The van der Waals surface area contributed by atoms with Gasteiger partial charge in [-0.25, -0.2) is 0 Å². The Balaban J connectivity index is 1.36. The summed E-state index contributed by atoms with van der Waals surface area (Å²) in [5.41, 5.74) is 2.58. The van der Waals surface area contributed by atoms with E-state index in [1.54, 1.807) is 12.1 Å². The van der Waals surface area contributed by atoms with Crippen molar-refractivity contribution in [1.29, 1.82) is 0 Å². The molecular weight excluding hydrogens is 402 g/mol. The number of aryl methyl sites for hydroxylation is 1. The van der Waals surface area contributed by atoms with E-state index in [0.717, 1.165) is 19.3 Å². The van der Waals surface area contributed by atoms with Gasteiger partial charge < -0.3 is 15.5 Å². The number of carbonyl (C=O) groups excluding carboxylic acids is 3. The fourth-order valence-corrected chi connectivity index (χ4v) is 3.92. The van der Waals surface area contributed by atoms with Crippen molar-refractivity contribution in [3.63, 3.8) is 0 Å². The number of carbonyl (C=O) groups is 3. The first-order chi connectivity index (χ1) is 15.6. The molecule has 2 N–H and O–H groups in total. The van der Waals surface area contributed by atoms with Gasteiger partial charge in [-0.1, -0.05) is 43.7 Å². The predicted octanol–water partition coefficient (Wildman–Crippen LogP) is 3.43. The topological polar surface area (TPSA) is 78.5 Å². The lowest BCUT2D eigenvalue weighted by atomic mass is 9.95. The van der Waals surface area contributed by atoms with Gasteiger partial charge in [-0.15, -0.1) is 0 Å². The second-order valence-electron chi connectivity index (χ2n) is 8.28. The van der Waals surface area contributed by atoms with Crippen LogP contribution in [-0.2, 0) is 11.2 Å². The molecule has 3 rings (SSSR count). The lowest BCUT2D eigenvalue weighted by Crippen LogP contribution is -2.44. The number of rotatable bonds is 9. The zero-order valence-corrected chi connectivity index (χ0v) is 18.8. The van der Waals surface area contributed by atoms with Crippen LogP contribution in [0.4, 0.5) is 0 Å². The molecule has 6 nitrogen and oxygen atoms in total. The first-order valence-corrected chi connectivity index (χ1v) is 11.6. The second kappa shape index (κ2) is 12.0. The lowest BCUT2D eigenvalue weighted by Gasteiger charge is -2.31. The number of unbranched alkanes of at least 4 members (excludes halogenated alkanes) is 1. The van der Waals surface area contributed by atoms with Crippen LogP contribution in [0.3, 0.4) is 0 Å². The van der Waals surface area contributed by atoms with Crippen molar-refractivity contribution in [1.82, 2.24) is 15.5 Å². The largest absolute Gasteiger partial charge is 0.354 e. The zero-order chi connectivity index (χ0) is 22.8. The fourth-order valence-electron chi connectivity index (χ4n) is 3.92. The van der Waals surface area contributed by atoms with Crippen LogP contribution in [0, 0.1) is 5.92 Å². The molecule has 0 bridgehead atoms. The number of amides is 3. The average Bonchev–Trinajstić information content (AvgIpc) is 2.85. The minimum atomic E-state index is -0.148. The summed E-state index contributed by atoms with van der Waals surface area (Å²) in [5, 5.41) is 5.71. The molecule has 6 heteroatoms. The Kier molecular flexibility index (Phi) is 8.84. The summed E-state index contributed by atoms with van der Waals surface area (Å²) in [4.78, 5) is 39.1. The Morgan fingerprint density at radius 2 is 1.53 bits per heavy atom. The Morgan fingerprint density at radius 3 is 2.19 bits per heavy atom. The first-order valence-electron chi connectivity index (χ1n) is 11.6. The quantitative estimate of drug-likeness (QED) is 0.593. The highest BCUT2D eigenvalue weighted by molar-refractivity contribution is 5.95. The van der Waals surface area contributed by atoms with Gasteiger partial charge in [-0.3, -0.25) is 14.4 Å². The van der Waals surface area contributed by atoms with Crippen molar-refractivity contribution in [3.8, 4) is 0 Å². The van der Waals surface area contributed by atoms with Crippen molar-refractivity contribution < 1.29 is 14.4 Å². The average molecular weight is 436 g/mol. The third kappa shape index (κ3) is 6.67. The maximum absolute atomic E-state index is 12.8. The summed E-state index contributed by atoms with van der Waals surface area (Å²) in [6, 6.07) is 16.9. The van der Waals surface area contributed by atoms with Crippen LogP contribution in [-0.4, -0.2) is 48.8 Å². The molecule has 0 saturated carbocycles. The Bertz CT molecular complexity index is 888. The molecule has 2 aromatic rings. The number of hydrogen-bond acceptors (Lipinski definition) is 3. The summed E-state index contributed by atoms with van der Waals surface area (Å²) in [6.45, 7) is 4.11. The highest BCUT2D eigenvalue weighted by Crippen LogP contribution is 2.20. The van der Waals surface area contributed by atoms with E-state index >= 15 is 0 Å². The summed E-state index contributed by atoms with van der Waals surface area (Å²) in [6.07, 6.45) is 4.67. The SMILES string of the molecule is CCCCc1ccc(C(=O)N2CCC(C(=O)NCCNC(=O)c3ccccc3)CC2)cc1. The molecule has 3 amide bonds. The van der Waals surface area contributed by atoms with Gasteiger partial charge in [-0.2, -0.15) is 0 Å². The van der Waals surface area contributed by atoms with Crippen LogP contribution < -0.4 is 10.6 Å². The highest BCUT2D eigenvalue weighted by Gasteiger charge is 2.27. The van der Waals surface area contributed by atoms with Crippen LogP contribution >= 0.6 is 0 Å². The van der Waals surface area contributed by atoms with Crippen molar-refractivity contribution >= 4 is 17.7 Å². The van der Waals surface area contributed by atoms with Gasteiger partial charge in [-0.05, 0) is 55.5 Å². The normalized spacial score (nSPS) is 14.1. The monoisotopic (exact) mass is 435 g/mol. The van der Waals surface area contributed by atoms with E-state index in [9.17, 15) is 14.4 Å². The third-order valence-electron chi connectivity index (χ3n) is 5.92. The van der Waals surface area contributed by atoms with Crippen LogP contribution in [0.25, 0.3) is 0 Å². The van der Waals surface area contributed by atoms with Crippen molar-refractivity contribution in [2.75, 3.05) is 26.2 Å². The molecule has 0 radical (unpaired) electrons. The van der Waals surface area contributed by atoms with Gasteiger partial charge in [0.1, 0.15) is 0 Å². The minimum Gasteiger partial charge on any atom is -0.354 e. The zero-order valence-electron chi connectivity index (χ0n) is 18.8. The molecule has 1 saturated heterocycles. The molecule has 1 aliphatic heterocycles. The molecule has 2 aromatic carbocycles. The molecule has 170 valence electrons. The molecule has 0 atom stereocenters. The van der Waals surface area contributed by atoms with E-state index in [1.165, 1.54) is 5.56 Å². The standard InChI is InChI=1S/C26H33N3O3/c1-2-3-7-20-10-12-23(13-11-20)26(32)29-18-14-22(15-19-29)25(31)28-17-16-27-24(30)21-8-5-4-6-9-21/h4-6,8-13,22H,2-3,7,14-19H2,1H3,(H,27,30)(H,28,31). The van der Waals surface area contributed by atoms with Crippen molar-refractivity contribution in [3.05, 3.63) is 71.3 Å². The van der Waals surface area contributed by atoms with Crippen LogP contribution in [0.1, 0.15) is 58.9 Å². The van der Waals surface area contributed by atoms with Gasteiger partial charge in [0.2, 0.25) is 5.91 Å². The van der Waals surface area contributed by atoms with E-state index < -0.39 is 0 Å². The van der Waals surface area contributed by atoms with Crippen LogP contribution in [0.2, 0.25) is 0 Å². The Labute approximate surface area is 190 Å². The number of nitrogens with zero attached hydrogens (tertiary/aromatic N) is 1. The van der Waals surface area contributed by atoms with Gasteiger partial charge in [0, 0.05) is 43.2 Å². The smallest absolute Gasteiger partial charge is 0.253 e. The molecule has 0 aliphatic carbocycles. The van der Waals surface area contributed by atoms with Crippen LogP contribution in [0.15, 0.2) is 54.6 Å². The van der Waals surface area contributed by atoms with E-state index in [2.05, 4.69) is 17.6 Å². The van der Waals surface area contributed by atoms with E-state index in [-0.39, 0.29) is 23.6 Å². The van der Waals surface area contributed by atoms with E-state index in [4.69, 9.17) is 0 Å². The predicted molar refractivity (Wildman–Crippen MR) is 125 cm³/mol. The molecule has 32 heavy (non-hydrogen) atoms. The van der Waals surface area contributed by atoms with Crippen LogP contribution in [0.5, 0.6) is 0 Å². The molecule has 1 fully saturated rings. The summed E-state index contributed by atoms with van der Waals surface area (Å²) < 4.78 is 0. The van der Waals surface area contributed by atoms with Gasteiger partial charge in [0.15, 0.2) is 0 Å². The third-order valence-corrected chi connectivity index (χ3v) is 5.92. The first kappa shape index (κ1) is 23.5. The van der Waals surface area contributed by atoms with Gasteiger partial charge in [0.05, 0.1) is 0 Å². The maximum atomic E-state index is 12.8. The fraction of sp³-hybridized carbons (Fsp3) is 0.423. The molecule has 1 aliphatic rings. The molecular formula is C26H33N3O3. The molecule has 0 aromatic heterocycles. The van der Waals surface area contributed by atoms with Crippen molar-refractivity contribution in [2.45, 2.75) is 39.0 Å². The van der Waals surface area contributed by atoms with Gasteiger partial charge in [0.25, 0.3) is 11.8 Å². The summed E-state index contributed by atoms with van der Waals surface area (Å²) >= 11 is 0.